The van der Waals surface area contributed by atoms with Crippen molar-refractivity contribution in [1.82, 2.24) is 4.98 Å². The van der Waals surface area contributed by atoms with Gasteiger partial charge in [-0.05, 0) is 42.0 Å². The number of methoxy groups -OCH3 is 1. The molecule has 7 nitrogen and oxygen atoms in total. The van der Waals surface area contributed by atoms with Crippen molar-refractivity contribution in [2.75, 3.05) is 19.0 Å². The van der Waals surface area contributed by atoms with E-state index in [0.29, 0.717) is 41.3 Å². The summed E-state index contributed by atoms with van der Waals surface area (Å²) in [6, 6.07) is 7.64. The van der Waals surface area contributed by atoms with Crippen LogP contribution >= 0.6 is 0 Å². The van der Waals surface area contributed by atoms with Crippen LogP contribution in [0.1, 0.15) is 38.3 Å². The minimum atomic E-state index is -0.596. The maximum Gasteiger partial charge on any atom is 0.412 e. The highest BCUT2D eigenvalue weighted by molar-refractivity contribution is 5.86. The number of nitrogens with one attached hydrogen (secondary N) is 1. The summed E-state index contributed by atoms with van der Waals surface area (Å²) >= 11 is 0. The van der Waals surface area contributed by atoms with Crippen molar-refractivity contribution in [2.45, 2.75) is 33.8 Å². The number of fused-ring (bicyclic) bond motifs is 3. The van der Waals surface area contributed by atoms with E-state index in [1.54, 1.807) is 18.3 Å². The van der Waals surface area contributed by atoms with Crippen LogP contribution in [0.4, 0.5) is 10.6 Å². The van der Waals surface area contributed by atoms with Gasteiger partial charge in [0.1, 0.15) is 35.6 Å². The third kappa shape index (κ3) is 4.60. The number of nitrogens with zero attached hydrogens (tertiary/aromatic N) is 2. The Labute approximate surface area is 170 Å². The number of nitriles is 1. The first-order valence-electron chi connectivity index (χ1n) is 9.59. The van der Waals surface area contributed by atoms with Crippen LogP contribution < -0.4 is 14.8 Å². The number of anilines is 1. The first kappa shape index (κ1) is 20.5. The second kappa shape index (κ2) is 8.82. The molecule has 29 heavy (non-hydrogen) atoms. The molecule has 0 unspecified atom stereocenters. The van der Waals surface area contributed by atoms with E-state index in [4.69, 9.17) is 9.47 Å². The molecule has 1 atom stereocenters. The van der Waals surface area contributed by atoms with Gasteiger partial charge in [-0.2, -0.15) is 5.26 Å². The standard InChI is InChI=1S/C22H25N3O4/c1-13(2)7-14(3)11-28-19-6-5-16-17-8-20(25-22(26)27-4)24-10-15(17)12-29-21(16)18(19)9-23/h5-6,8,10,13-14H,7,11-12H2,1-4H3,(H,24,25,26)/t14-/m1/s1. The Morgan fingerprint density at radius 3 is 2.83 bits per heavy atom. The largest absolute Gasteiger partial charge is 0.492 e. The van der Waals surface area contributed by atoms with Crippen molar-refractivity contribution in [2.24, 2.45) is 11.8 Å². The second-order valence-corrected chi connectivity index (χ2v) is 7.60. The molecule has 3 rings (SSSR count). The summed E-state index contributed by atoms with van der Waals surface area (Å²) in [7, 11) is 1.29. The number of aromatic nitrogens is 1. The van der Waals surface area contributed by atoms with E-state index in [1.165, 1.54) is 7.11 Å². The minimum Gasteiger partial charge on any atom is -0.492 e. The average Bonchev–Trinajstić information content (AvgIpc) is 2.70. The molecule has 2 aromatic rings. The fourth-order valence-corrected chi connectivity index (χ4v) is 3.48. The molecule has 1 aliphatic heterocycles. The summed E-state index contributed by atoms with van der Waals surface area (Å²) in [5.74, 6) is 2.35. The van der Waals surface area contributed by atoms with E-state index in [2.05, 4.69) is 41.9 Å². The molecule has 0 bridgehead atoms. The third-order valence-corrected chi connectivity index (χ3v) is 4.69. The third-order valence-electron chi connectivity index (χ3n) is 4.69. The first-order chi connectivity index (χ1) is 13.9. The Kier molecular flexibility index (Phi) is 6.23. The fraction of sp³-hybridized carbons (Fsp3) is 0.409. The molecule has 1 aromatic carbocycles. The monoisotopic (exact) mass is 395 g/mol. The summed E-state index contributed by atoms with van der Waals surface area (Å²) in [5, 5.41) is 12.3. The van der Waals surface area contributed by atoms with Crippen LogP contribution in [0.25, 0.3) is 11.1 Å². The van der Waals surface area contributed by atoms with Crippen LogP contribution in [0.2, 0.25) is 0 Å². The van der Waals surface area contributed by atoms with Gasteiger partial charge in [-0.1, -0.05) is 20.8 Å². The van der Waals surface area contributed by atoms with Gasteiger partial charge in [-0.15, -0.1) is 0 Å². The van der Waals surface area contributed by atoms with Gasteiger partial charge < -0.3 is 14.2 Å². The fourth-order valence-electron chi connectivity index (χ4n) is 3.48. The number of amides is 1. The van der Waals surface area contributed by atoms with Crippen LogP contribution in [-0.2, 0) is 11.3 Å². The number of hydrogen-bond acceptors (Lipinski definition) is 6. The van der Waals surface area contributed by atoms with Crippen LogP contribution in [0.3, 0.4) is 0 Å². The zero-order chi connectivity index (χ0) is 21.0. The lowest BCUT2D eigenvalue weighted by molar-refractivity contribution is 0.187. The van der Waals surface area contributed by atoms with Crippen molar-refractivity contribution >= 4 is 11.9 Å². The van der Waals surface area contributed by atoms with Crippen molar-refractivity contribution < 1.29 is 19.0 Å². The second-order valence-electron chi connectivity index (χ2n) is 7.60. The summed E-state index contributed by atoms with van der Waals surface area (Å²) in [4.78, 5) is 15.7. The van der Waals surface area contributed by atoms with Gasteiger partial charge in [-0.25, -0.2) is 9.78 Å². The molecule has 0 saturated carbocycles. The Bertz CT molecular complexity index is 950. The maximum absolute atomic E-state index is 11.5. The average molecular weight is 395 g/mol. The van der Waals surface area contributed by atoms with Gasteiger partial charge >= 0.3 is 6.09 Å². The number of rotatable bonds is 6. The summed E-state index contributed by atoms with van der Waals surface area (Å²) in [5.41, 5.74) is 2.87. The lowest BCUT2D eigenvalue weighted by Gasteiger charge is -2.23. The molecule has 2 heterocycles. The molecule has 0 saturated heterocycles. The lowest BCUT2D eigenvalue weighted by atomic mass is 9.96. The van der Waals surface area contributed by atoms with Crippen LogP contribution in [-0.4, -0.2) is 24.8 Å². The number of carbonyl (C=O) groups is 1. The summed E-state index contributed by atoms with van der Waals surface area (Å²) in [6.07, 6.45) is 2.11. The number of carbonyl (C=O) groups excluding carboxylic acids is 1. The highest BCUT2D eigenvalue weighted by Crippen LogP contribution is 2.43. The van der Waals surface area contributed by atoms with Gasteiger partial charge in [-0.3, -0.25) is 5.32 Å². The van der Waals surface area contributed by atoms with Crippen molar-refractivity contribution in [3.05, 3.63) is 35.5 Å². The zero-order valence-corrected chi connectivity index (χ0v) is 17.1. The Morgan fingerprint density at radius 2 is 2.14 bits per heavy atom. The topological polar surface area (TPSA) is 93.5 Å². The Hall–Kier alpha value is -3.27. The Morgan fingerprint density at radius 1 is 1.34 bits per heavy atom. The van der Waals surface area contributed by atoms with Gasteiger partial charge in [0.15, 0.2) is 0 Å². The quantitative estimate of drug-likeness (QED) is 0.758. The smallest absolute Gasteiger partial charge is 0.412 e. The highest BCUT2D eigenvalue weighted by Gasteiger charge is 2.24. The molecule has 152 valence electrons. The molecule has 1 amide bonds. The molecule has 1 aliphatic rings. The molecular weight excluding hydrogens is 370 g/mol. The number of benzene rings is 1. The van der Waals surface area contributed by atoms with Gasteiger partial charge in [0.05, 0.1) is 13.7 Å². The highest BCUT2D eigenvalue weighted by atomic mass is 16.5. The first-order valence-corrected chi connectivity index (χ1v) is 9.59. The van der Waals surface area contributed by atoms with Gasteiger partial charge in [0, 0.05) is 17.3 Å². The van der Waals surface area contributed by atoms with E-state index in [0.717, 1.165) is 23.1 Å². The molecule has 1 N–H and O–H groups in total. The zero-order valence-electron chi connectivity index (χ0n) is 17.1. The van der Waals surface area contributed by atoms with Crippen LogP contribution in [0.15, 0.2) is 24.4 Å². The van der Waals surface area contributed by atoms with Gasteiger partial charge in [0.25, 0.3) is 0 Å². The lowest BCUT2D eigenvalue weighted by Crippen LogP contribution is -2.14. The number of pyridine rings is 1. The molecule has 0 spiro atoms. The van der Waals surface area contributed by atoms with Crippen LogP contribution in [0, 0.1) is 23.2 Å². The molecular formula is C22H25N3O4. The van der Waals surface area contributed by atoms with Gasteiger partial charge in [0.2, 0.25) is 0 Å². The van der Waals surface area contributed by atoms with Crippen molar-refractivity contribution in [1.29, 1.82) is 5.26 Å². The van der Waals surface area contributed by atoms with E-state index in [1.807, 2.05) is 6.07 Å². The summed E-state index contributed by atoms with van der Waals surface area (Å²) < 4.78 is 16.4. The predicted molar refractivity (Wildman–Crippen MR) is 109 cm³/mol. The van der Waals surface area contributed by atoms with E-state index in [9.17, 15) is 10.1 Å². The number of hydrogen-bond donors (Lipinski definition) is 1. The predicted octanol–water partition coefficient (Wildman–Crippen LogP) is 4.75. The van der Waals surface area contributed by atoms with Crippen molar-refractivity contribution in [3.8, 4) is 28.7 Å². The van der Waals surface area contributed by atoms with E-state index >= 15 is 0 Å². The molecule has 0 aliphatic carbocycles. The SMILES string of the molecule is COC(=O)Nc1cc2c(cn1)COc1c-2ccc(OC[C@H](C)CC(C)C)c1C#N. The molecule has 1 aromatic heterocycles. The Balaban J connectivity index is 1.90. The molecule has 7 heteroatoms. The normalized spacial score (nSPS) is 12.8. The molecule has 0 radical (unpaired) electrons. The molecule has 0 fully saturated rings. The van der Waals surface area contributed by atoms with E-state index < -0.39 is 6.09 Å². The maximum atomic E-state index is 11.5. The number of ether oxygens (including phenoxy) is 3. The van der Waals surface area contributed by atoms with Crippen molar-refractivity contribution in [3.63, 3.8) is 0 Å². The van der Waals surface area contributed by atoms with E-state index in [-0.39, 0.29) is 6.61 Å². The van der Waals surface area contributed by atoms with Crippen LogP contribution in [0.5, 0.6) is 11.5 Å². The summed E-state index contributed by atoms with van der Waals surface area (Å²) in [6.45, 7) is 7.33. The minimum absolute atomic E-state index is 0.287.